The molecule has 2 fully saturated rings. The minimum absolute atomic E-state index is 0. The molecule has 3 rings (SSSR count). The molecule has 2 aliphatic heterocycles. The van der Waals surface area contributed by atoms with E-state index in [4.69, 9.17) is 26.8 Å². The lowest BCUT2D eigenvalue weighted by Crippen LogP contribution is -2.46. The zero-order valence-electron chi connectivity index (χ0n) is 12.8. The first-order valence-electron chi connectivity index (χ1n) is 7.68. The Morgan fingerprint density at radius 2 is 2.04 bits per heavy atom. The fraction of sp³-hybridized carbons (Fsp3) is 0.562. The smallest absolute Gasteiger partial charge is 0.251 e. The van der Waals surface area contributed by atoms with Crippen LogP contribution in [0.15, 0.2) is 24.3 Å². The number of ether oxygens (including phenoxy) is 2. The van der Waals surface area contributed by atoms with E-state index in [1.165, 1.54) is 0 Å². The summed E-state index contributed by atoms with van der Waals surface area (Å²) >= 11 is 5.91. The summed E-state index contributed by atoms with van der Waals surface area (Å²) in [5.74, 6) is 0.0539. The molecule has 1 amide bonds. The largest absolute Gasteiger partial charge is 0.370 e. The summed E-state index contributed by atoms with van der Waals surface area (Å²) in [5.41, 5.74) is 6.64. The van der Waals surface area contributed by atoms with E-state index in [0.717, 1.165) is 18.4 Å². The standard InChI is InChI=1S/C16H21ClN2O3.ClH/c17-12-3-1-11(2-4-12)15-10-19(7-8-21-15)16(20)14-6-5-13(9-18)22-14;/h1-4,13-15H,5-10,18H2;1H/t13-,14+,15?;/m1./s1. The Morgan fingerprint density at radius 3 is 2.70 bits per heavy atom. The molecule has 0 bridgehead atoms. The van der Waals surface area contributed by atoms with E-state index in [2.05, 4.69) is 0 Å². The molecule has 7 heteroatoms. The van der Waals surface area contributed by atoms with Gasteiger partial charge in [-0.15, -0.1) is 12.4 Å². The number of rotatable bonds is 3. The summed E-state index contributed by atoms with van der Waals surface area (Å²) in [6.07, 6.45) is 1.17. The molecule has 1 unspecified atom stereocenters. The molecule has 0 aliphatic carbocycles. The maximum Gasteiger partial charge on any atom is 0.251 e. The van der Waals surface area contributed by atoms with E-state index >= 15 is 0 Å². The zero-order chi connectivity index (χ0) is 15.5. The molecule has 5 nitrogen and oxygen atoms in total. The van der Waals surface area contributed by atoms with Gasteiger partial charge in [-0.3, -0.25) is 4.79 Å². The molecule has 2 saturated heterocycles. The lowest BCUT2D eigenvalue weighted by Gasteiger charge is -2.34. The van der Waals surface area contributed by atoms with Gasteiger partial charge in [0.05, 0.1) is 19.3 Å². The first-order chi connectivity index (χ1) is 10.7. The van der Waals surface area contributed by atoms with Crippen LogP contribution in [0.2, 0.25) is 5.02 Å². The van der Waals surface area contributed by atoms with Gasteiger partial charge in [0.2, 0.25) is 0 Å². The van der Waals surface area contributed by atoms with Crippen LogP contribution in [0.5, 0.6) is 0 Å². The lowest BCUT2D eigenvalue weighted by atomic mass is 10.1. The molecule has 2 aliphatic rings. The monoisotopic (exact) mass is 360 g/mol. The predicted molar refractivity (Wildman–Crippen MR) is 90.9 cm³/mol. The molecule has 2 N–H and O–H groups in total. The Morgan fingerprint density at radius 1 is 1.30 bits per heavy atom. The first-order valence-corrected chi connectivity index (χ1v) is 8.06. The average molecular weight is 361 g/mol. The van der Waals surface area contributed by atoms with Crippen molar-refractivity contribution >= 4 is 29.9 Å². The number of nitrogens with two attached hydrogens (primary N) is 1. The molecular weight excluding hydrogens is 339 g/mol. The summed E-state index contributed by atoms with van der Waals surface area (Å²) < 4.78 is 11.5. The van der Waals surface area contributed by atoms with Gasteiger partial charge in [-0.1, -0.05) is 23.7 Å². The van der Waals surface area contributed by atoms with Crippen LogP contribution in [-0.4, -0.2) is 49.3 Å². The summed E-state index contributed by atoms with van der Waals surface area (Å²) in [4.78, 5) is 14.4. The van der Waals surface area contributed by atoms with Gasteiger partial charge in [-0.25, -0.2) is 0 Å². The van der Waals surface area contributed by atoms with Gasteiger partial charge in [-0.05, 0) is 30.5 Å². The summed E-state index contributed by atoms with van der Waals surface area (Å²) in [6, 6.07) is 7.56. The molecule has 2 heterocycles. The third-order valence-corrected chi connectivity index (χ3v) is 4.52. The van der Waals surface area contributed by atoms with E-state index < -0.39 is 0 Å². The predicted octanol–water partition coefficient (Wildman–Crippen LogP) is 2.17. The topological polar surface area (TPSA) is 64.8 Å². The van der Waals surface area contributed by atoms with Gasteiger partial charge in [0.25, 0.3) is 5.91 Å². The van der Waals surface area contributed by atoms with Crippen LogP contribution in [-0.2, 0) is 14.3 Å². The first kappa shape index (κ1) is 18.5. The normalized spacial score (nSPS) is 27.6. The Balaban J connectivity index is 0.00000192. The van der Waals surface area contributed by atoms with Crippen LogP contribution in [0.3, 0.4) is 0 Å². The SMILES string of the molecule is Cl.NC[C@H]1CC[C@@H](C(=O)N2CCOC(c3ccc(Cl)cc3)C2)O1. The van der Waals surface area contributed by atoms with Crippen LogP contribution in [0.4, 0.5) is 0 Å². The Labute approximate surface area is 147 Å². The Bertz CT molecular complexity index is 527. The molecule has 0 aromatic heterocycles. The summed E-state index contributed by atoms with van der Waals surface area (Å²) in [5, 5.41) is 0.694. The fourth-order valence-corrected chi connectivity index (χ4v) is 3.12. The van der Waals surface area contributed by atoms with Gasteiger partial charge in [-0.2, -0.15) is 0 Å². The van der Waals surface area contributed by atoms with Crippen molar-refractivity contribution < 1.29 is 14.3 Å². The van der Waals surface area contributed by atoms with Crippen LogP contribution < -0.4 is 5.73 Å². The third kappa shape index (κ3) is 4.37. The number of hydrogen-bond acceptors (Lipinski definition) is 4. The van der Waals surface area contributed by atoms with Crippen LogP contribution in [0, 0.1) is 0 Å². The minimum Gasteiger partial charge on any atom is -0.370 e. The second-order valence-electron chi connectivity index (χ2n) is 5.76. The van der Waals surface area contributed by atoms with Crippen LogP contribution in [0.25, 0.3) is 0 Å². The molecule has 0 spiro atoms. The minimum atomic E-state index is -0.350. The van der Waals surface area contributed by atoms with E-state index in [9.17, 15) is 4.79 Å². The maximum atomic E-state index is 12.6. The van der Waals surface area contributed by atoms with Crippen molar-refractivity contribution in [2.45, 2.75) is 31.2 Å². The van der Waals surface area contributed by atoms with E-state index in [0.29, 0.717) is 31.3 Å². The second-order valence-corrected chi connectivity index (χ2v) is 6.19. The molecule has 3 atom stereocenters. The number of halogens is 2. The fourth-order valence-electron chi connectivity index (χ4n) is 2.99. The molecule has 0 radical (unpaired) electrons. The van der Waals surface area contributed by atoms with Gasteiger partial charge in [0, 0.05) is 18.1 Å². The molecule has 1 aromatic rings. The number of amides is 1. The third-order valence-electron chi connectivity index (χ3n) is 4.27. The van der Waals surface area contributed by atoms with Crippen molar-refractivity contribution in [2.24, 2.45) is 5.73 Å². The second kappa shape index (κ2) is 8.31. The van der Waals surface area contributed by atoms with E-state index in [1.54, 1.807) is 0 Å². The van der Waals surface area contributed by atoms with Gasteiger partial charge < -0.3 is 20.1 Å². The average Bonchev–Trinajstić information content (AvgIpc) is 3.04. The van der Waals surface area contributed by atoms with Crippen LogP contribution in [0.1, 0.15) is 24.5 Å². The summed E-state index contributed by atoms with van der Waals surface area (Å²) in [7, 11) is 0. The highest BCUT2D eigenvalue weighted by molar-refractivity contribution is 6.30. The van der Waals surface area contributed by atoms with E-state index in [1.807, 2.05) is 29.2 Å². The number of hydrogen-bond donors (Lipinski definition) is 1. The number of carbonyl (C=O) groups is 1. The van der Waals surface area contributed by atoms with Crippen LogP contribution >= 0.6 is 24.0 Å². The van der Waals surface area contributed by atoms with Crippen molar-refractivity contribution in [1.29, 1.82) is 0 Å². The molecule has 23 heavy (non-hydrogen) atoms. The quantitative estimate of drug-likeness (QED) is 0.896. The van der Waals surface area contributed by atoms with Crippen molar-refractivity contribution in [1.82, 2.24) is 4.90 Å². The number of morpholine rings is 1. The lowest BCUT2D eigenvalue weighted by molar-refractivity contribution is -0.150. The van der Waals surface area contributed by atoms with Crippen molar-refractivity contribution in [3.63, 3.8) is 0 Å². The number of nitrogens with zero attached hydrogens (tertiary/aromatic N) is 1. The Kier molecular flexibility index (Phi) is 6.68. The van der Waals surface area contributed by atoms with Gasteiger partial charge in [0.15, 0.2) is 0 Å². The highest BCUT2D eigenvalue weighted by Gasteiger charge is 2.35. The van der Waals surface area contributed by atoms with Crippen molar-refractivity contribution in [3.05, 3.63) is 34.9 Å². The molecule has 128 valence electrons. The highest BCUT2D eigenvalue weighted by atomic mass is 35.5. The van der Waals surface area contributed by atoms with Gasteiger partial charge >= 0.3 is 0 Å². The highest BCUT2D eigenvalue weighted by Crippen LogP contribution is 2.26. The van der Waals surface area contributed by atoms with Crippen molar-refractivity contribution in [2.75, 3.05) is 26.2 Å². The maximum absolute atomic E-state index is 12.6. The van der Waals surface area contributed by atoms with E-state index in [-0.39, 0.29) is 36.6 Å². The number of benzene rings is 1. The molecular formula is C16H22Cl2N2O3. The Hall–Kier alpha value is -0.850. The molecule has 0 saturated carbocycles. The van der Waals surface area contributed by atoms with Crippen molar-refractivity contribution in [3.8, 4) is 0 Å². The zero-order valence-corrected chi connectivity index (χ0v) is 14.4. The van der Waals surface area contributed by atoms with Gasteiger partial charge in [0.1, 0.15) is 12.2 Å². The molecule has 1 aromatic carbocycles. The number of carbonyl (C=O) groups excluding carboxylic acids is 1. The summed E-state index contributed by atoms with van der Waals surface area (Å²) in [6.45, 7) is 2.16.